The molecule has 0 aliphatic rings. The largest absolute Gasteiger partial charge is 0.436 e. The smallest absolute Gasteiger partial charge is 0.309 e. The molecule has 11 heteroatoms. The zero-order chi connectivity index (χ0) is 16.7. The third-order valence-corrected chi connectivity index (χ3v) is 2.00. The van der Waals surface area contributed by atoms with Crippen LogP contribution in [0.5, 0.6) is 11.6 Å². The van der Waals surface area contributed by atoms with Gasteiger partial charge in [-0.1, -0.05) is 0 Å². The molecule has 2 aromatic rings. The summed E-state index contributed by atoms with van der Waals surface area (Å²) in [6.45, 7) is 0. The van der Waals surface area contributed by atoms with E-state index in [2.05, 4.69) is 21.4 Å². The second-order valence-corrected chi connectivity index (χ2v) is 3.66. The van der Waals surface area contributed by atoms with Crippen LogP contribution in [0.15, 0.2) is 30.6 Å². The standard InChI is InChI=1S/C10H7FN4O3.CH4N2O/c11-7-3-6(15(16)17)1-2-8(7)18-10-4-9(12)13-5-14-10;2-1(3)4/h1-5H,(H2,12,13,14);(H4,2,3,4). The molecule has 0 saturated heterocycles. The fourth-order valence-corrected chi connectivity index (χ4v) is 1.21. The Kier molecular flexibility index (Phi) is 5.51. The van der Waals surface area contributed by atoms with Crippen molar-refractivity contribution >= 4 is 17.5 Å². The highest BCUT2D eigenvalue weighted by Gasteiger charge is 2.12. The van der Waals surface area contributed by atoms with Crippen LogP contribution in [0.2, 0.25) is 0 Å². The van der Waals surface area contributed by atoms with Gasteiger partial charge in [-0.2, -0.15) is 0 Å². The van der Waals surface area contributed by atoms with Gasteiger partial charge in [0.1, 0.15) is 12.1 Å². The number of nitro benzene ring substituents is 1. The molecule has 0 aliphatic carbocycles. The molecule has 2 rings (SSSR count). The summed E-state index contributed by atoms with van der Waals surface area (Å²) in [5, 5.41) is 10.4. The molecule has 22 heavy (non-hydrogen) atoms. The predicted molar refractivity (Wildman–Crippen MR) is 73.3 cm³/mol. The highest BCUT2D eigenvalue weighted by atomic mass is 19.1. The van der Waals surface area contributed by atoms with Gasteiger partial charge in [0.25, 0.3) is 5.69 Å². The van der Waals surface area contributed by atoms with E-state index >= 15 is 0 Å². The van der Waals surface area contributed by atoms with E-state index in [1.54, 1.807) is 0 Å². The minimum atomic E-state index is -0.860. The maximum atomic E-state index is 13.5. The van der Waals surface area contributed by atoms with Crippen molar-refractivity contribution in [1.82, 2.24) is 9.97 Å². The Morgan fingerprint density at radius 1 is 1.27 bits per heavy atom. The zero-order valence-electron chi connectivity index (χ0n) is 11.0. The number of primary amides is 2. The van der Waals surface area contributed by atoms with Crippen LogP contribution in [0, 0.1) is 15.9 Å². The maximum Gasteiger partial charge on any atom is 0.309 e. The summed E-state index contributed by atoms with van der Waals surface area (Å²) >= 11 is 0. The lowest BCUT2D eigenvalue weighted by molar-refractivity contribution is -0.385. The predicted octanol–water partition coefficient (Wildman–Crippen LogP) is 0.922. The minimum absolute atomic E-state index is 0.0512. The molecule has 0 spiro atoms. The van der Waals surface area contributed by atoms with Gasteiger partial charge >= 0.3 is 6.03 Å². The second kappa shape index (κ2) is 7.33. The third kappa shape index (κ3) is 5.24. The number of nitrogens with zero attached hydrogens (tertiary/aromatic N) is 3. The van der Waals surface area contributed by atoms with E-state index in [9.17, 15) is 14.5 Å². The van der Waals surface area contributed by atoms with E-state index in [1.165, 1.54) is 6.07 Å². The van der Waals surface area contributed by atoms with E-state index in [1.807, 2.05) is 0 Å². The minimum Gasteiger partial charge on any atom is -0.436 e. The normalized spacial score (nSPS) is 9.32. The molecule has 1 aromatic carbocycles. The number of halogens is 1. The first-order valence-electron chi connectivity index (χ1n) is 5.54. The molecule has 0 atom stereocenters. The Bertz CT molecular complexity index is 692. The number of nitrogens with two attached hydrogens (primary N) is 3. The van der Waals surface area contributed by atoms with Crippen molar-refractivity contribution in [3.05, 3.63) is 46.5 Å². The van der Waals surface area contributed by atoms with Crippen LogP contribution in [0.1, 0.15) is 0 Å². The number of nitro groups is 1. The Balaban J connectivity index is 0.000000541. The topological polar surface area (TPSA) is 173 Å². The Morgan fingerprint density at radius 3 is 2.41 bits per heavy atom. The van der Waals surface area contributed by atoms with Gasteiger partial charge in [0, 0.05) is 12.1 Å². The van der Waals surface area contributed by atoms with Gasteiger partial charge < -0.3 is 21.9 Å². The van der Waals surface area contributed by atoms with E-state index < -0.39 is 16.8 Å². The van der Waals surface area contributed by atoms with Crippen LogP contribution in [-0.2, 0) is 0 Å². The number of urea groups is 1. The SMILES string of the molecule is NC(N)=O.Nc1cc(Oc2ccc([N+](=O)[O-])cc2F)ncn1. The first-order chi connectivity index (χ1) is 10.3. The van der Waals surface area contributed by atoms with Crippen molar-refractivity contribution in [1.29, 1.82) is 0 Å². The van der Waals surface area contributed by atoms with Crippen molar-refractivity contribution in [3.8, 4) is 11.6 Å². The molecular formula is C11H11FN6O4. The van der Waals surface area contributed by atoms with Gasteiger partial charge in [0.15, 0.2) is 11.6 Å². The fraction of sp³-hybridized carbons (Fsp3) is 0. The number of carbonyl (C=O) groups is 1. The van der Waals surface area contributed by atoms with E-state index in [-0.39, 0.29) is 23.1 Å². The van der Waals surface area contributed by atoms with Gasteiger partial charge in [-0.25, -0.2) is 19.2 Å². The fourth-order valence-electron chi connectivity index (χ4n) is 1.21. The average molecular weight is 310 g/mol. The van der Waals surface area contributed by atoms with Gasteiger partial charge in [0.05, 0.1) is 11.0 Å². The van der Waals surface area contributed by atoms with Crippen LogP contribution in [0.4, 0.5) is 20.7 Å². The molecule has 10 nitrogen and oxygen atoms in total. The number of hydrogen-bond donors (Lipinski definition) is 3. The molecule has 0 aliphatic heterocycles. The lowest BCUT2D eigenvalue weighted by Crippen LogP contribution is -2.18. The highest BCUT2D eigenvalue weighted by molar-refractivity contribution is 5.69. The summed E-state index contributed by atoms with van der Waals surface area (Å²) in [5.41, 5.74) is 13.5. The molecule has 0 saturated carbocycles. The van der Waals surface area contributed by atoms with Crippen molar-refractivity contribution in [2.24, 2.45) is 11.5 Å². The third-order valence-electron chi connectivity index (χ3n) is 2.00. The molecule has 1 heterocycles. The number of hydrogen-bond acceptors (Lipinski definition) is 7. The Morgan fingerprint density at radius 2 is 1.91 bits per heavy atom. The number of ether oxygens (including phenoxy) is 1. The summed E-state index contributed by atoms with van der Waals surface area (Å²) in [7, 11) is 0. The lowest BCUT2D eigenvalue weighted by Gasteiger charge is -2.05. The van der Waals surface area contributed by atoms with Gasteiger partial charge in [-0.15, -0.1) is 0 Å². The van der Waals surface area contributed by atoms with Crippen LogP contribution in [-0.4, -0.2) is 20.9 Å². The number of amides is 2. The quantitative estimate of drug-likeness (QED) is 0.558. The van der Waals surface area contributed by atoms with Gasteiger partial charge in [0.2, 0.25) is 5.88 Å². The number of anilines is 1. The monoisotopic (exact) mass is 310 g/mol. The first-order valence-corrected chi connectivity index (χ1v) is 5.54. The van der Waals surface area contributed by atoms with Gasteiger partial charge in [-0.05, 0) is 6.07 Å². The van der Waals surface area contributed by atoms with Crippen molar-refractivity contribution in [2.45, 2.75) is 0 Å². The number of benzene rings is 1. The maximum absolute atomic E-state index is 13.5. The van der Waals surface area contributed by atoms with Crippen molar-refractivity contribution in [2.75, 3.05) is 5.73 Å². The number of nitrogen functional groups attached to an aromatic ring is 1. The summed E-state index contributed by atoms with van der Waals surface area (Å²) in [6.07, 6.45) is 1.16. The molecule has 0 radical (unpaired) electrons. The van der Waals surface area contributed by atoms with Gasteiger partial charge in [-0.3, -0.25) is 10.1 Å². The number of aromatic nitrogens is 2. The van der Waals surface area contributed by atoms with E-state index in [4.69, 9.17) is 15.3 Å². The van der Waals surface area contributed by atoms with Crippen LogP contribution in [0.3, 0.4) is 0 Å². The van der Waals surface area contributed by atoms with Crippen LogP contribution in [0.25, 0.3) is 0 Å². The lowest BCUT2D eigenvalue weighted by atomic mass is 10.3. The highest BCUT2D eigenvalue weighted by Crippen LogP contribution is 2.26. The molecule has 116 valence electrons. The summed E-state index contributed by atoms with van der Waals surface area (Å²) in [5.74, 6) is -0.822. The molecule has 0 unspecified atom stereocenters. The molecule has 6 N–H and O–H groups in total. The molecule has 0 bridgehead atoms. The summed E-state index contributed by atoms with van der Waals surface area (Å²) in [4.78, 5) is 26.1. The van der Waals surface area contributed by atoms with E-state index in [0.717, 1.165) is 24.5 Å². The van der Waals surface area contributed by atoms with E-state index in [0.29, 0.717) is 0 Å². The first kappa shape index (κ1) is 16.6. The number of carbonyl (C=O) groups excluding carboxylic acids is 1. The average Bonchev–Trinajstić information content (AvgIpc) is 2.40. The van der Waals surface area contributed by atoms with Crippen molar-refractivity contribution < 1.29 is 18.8 Å². The van der Waals surface area contributed by atoms with Crippen LogP contribution < -0.4 is 21.9 Å². The van der Waals surface area contributed by atoms with Crippen LogP contribution >= 0.6 is 0 Å². The Hall–Kier alpha value is -3.50. The number of non-ortho nitro benzene ring substituents is 1. The molecule has 1 aromatic heterocycles. The summed E-state index contributed by atoms with van der Waals surface area (Å²) < 4.78 is 18.6. The summed E-state index contributed by atoms with van der Waals surface area (Å²) in [6, 6.07) is 3.51. The second-order valence-electron chi connectivity index (χ2n) is 3.66. The molecule has 2 amide bonds. The molecular weight excluding hydrogens is 299 g/mol. The Labute approximate surface area is 122 Å². The zero-order valence-corrected chi connectivity index (χ0v) is 11.0. The molecule has 0 fully saturated rings. The number of rotatable bonds is 3. The van der Waals surface area contributed by atoms with Crippen molar-refractivity contribution in [3.63, 3.8) is 0 Å².